The second-order valence-electron chi connectivity index (χ2n) is 8.49. The molecule has 1 aliphatic heterocycles. The molecule has 8 heteroatoms. The van der Waals surface area contributed by atoms with E-state index in [4.69, 9.17) is 27.9 Å². The van der Waals surface area contributed by atoms with Crippen LogP contribution in [0, 0.1) is 0 Å². The van der Waals surface area contributed by atoms with Gasteiger partial charge in [-0.3, -0.25) is 10.2 Å². The van der Waals surface area contributed by atoms with Gasteiger partial charge in [-0.2, -0.15) is 0 Å². The van der Waals surface area contributed by atoms with Crippen LogP contribution in [0.4, 0.5) is 16.2 Å². The minimum atomic E-state index is -0.727. The molecule has 1 aliphatic rings. The first-order valence-electron chi connectivity index (χ1n) is 9.03. The van der Waals surface area contributed by atoms with Crippen LogP contribution in [0.2, 0.25) is 10.0 Å². The number of carbonyl (C=O) groups excluding carboxylic acids is 1. The maximum atomic E-state index is 12.2. The van der Waals surface area contributed by atoms with Crippen LogP contribution in [-0.4, -0.2) is 60.0 Å². The topological polar surface area (TPSA) is 65.0 Å². The van der Waals surface area contributed by atoms with E-state index in [1.165, 1.54) is 0 Å². The van der Waals surface area contributed by atoms with Gasteiger partial charge in [-0.25, -0.2) is 4.79 Å². The molecule has 1 amide bonds. The number of carbonyl (C=O) groups is 1. The van der Waals surface area contributed by atoms with E-state index in [9.17, 15) is 9.90 Å². The summed E-state index contributed by atoms with van der Waals surface area (Å²) in [6.45, 7) is 12.8. The Morgan fingerprint density at radius 1 is 1.11 bits per heavy atom. The highest BCUT2D eigenvalue weighted by atomic mass is 35.5. The molecule has 0 aromatic heterocycles. The summed E-state index contributed by atoms with van der Waals surface area (Å²) in [5, 5.41) is 13.6. The number of aliphatic hydroxyl groups is 1. The Balaban J connectivity index is 2.14. The van der Waals surface area contributed by atoms with Gasteiger partial charge in [-0.05, 0) is 46.8 Å². The smallest absolute Gasteiger partial charge is 0.412 e. The van der Waals surface area contributed by atoms with Crippen molar-refractivity contribution in [3.63, 3.8) is 0 Å². The van der Waals surface area contributed by atoms with Crippen LogP contribution in [0.5, 0.6) is 0 Å². The molecule has 152 valence electrons. The van der Waals surface area contributed by atoms with Crippen LogP contribution >= 0.6 is 23.2 Å². The number of hydrogen-bond acceptors (Lipinski definition) is 5. The summed E-state index contributed by atoms with van der Waals surface area (Å²) in [7, 11) is 0. The van der Waals surface area contributed by atoms with Crippen LogP contribution in [0.15, 0.2) is 12.1 Å². The maximum Gasteiger partial charge on any atom is 0.412 e. The summed E-state index contributed by atoms with van der Waals surface area (Å²) in [4.78, 5) is 16.6. The Morgan fingerprint density at radius 3 is 2.19 bits per heavy atom. The molecule has 0 bridgehead atoms. The van der Waals surface area contributed by atoms with E-state index >= 15 is 0 Å². The third kappa shape index (κ3) is 7.03. The zero-order chi connectivity index (χ0) is 20.4. The van der Waals surface area contributed by atoms with Crippen molar-refractivity contribution < 1.29 is 14.6 Å². The van der Waals surface area contributed by atoms with Crippen molar-refractivity contribution in [3.05, 3.63) is 22.2 Å². The number of benzene rings is 1. The first kappa shape index (κ1) is 22.1. The average molecular weight is 418 g/mol. The predicted octanol–water partition coefficient (Wildman–Crippen LogP) is 4.23. The fraction of sp³-hybridized carbons (Fsp3) is 0.632. The van der Waals surface area contributed by atoms with Crippen molar-refractivity contribution >= 4 is 40.7 Å². The molecular formula is C19H29Cl2N3O3. The van der Waals surface area contributed by atoms with Crippen molar-refractivity contribution in [1.82, 2.24) is 4.90 Å². The molecule has 0 spiro atoms. The number of halogens is 2. The van der Waals surface area contributed by atoms with Crippen molar-refractivity contribution in [2.75, 3.05) is 42.9 Å². The molecule has 0 aliphatic carbocycles. The average Bonchev–Trinajstić information content (AvgIpc) is 2.48. The van der Waals surface area contributed by atoms with Crippen LogP contribution < -0.4 is 10.2 Å². The monoisotopic (exact) mass is 417 g/mol. The number of β-amino-alcohol motifs (C(OH)–C–C–N with tert-alkyl or cyclic N) is 1. The van der Waals surface area contributed by atoms with Gasteiger partial charge in [0, 0.05) is 32.7 Å². The van der Waals surface area contributed by atoms with E-state index in [2.05, 4.69) is 15.1 Å². The number of anilines is 2. The fourth-order valence-electron chi connectivity index (χ4n) is 3.01. The van der Waals surface area contributed by atoms with Crippen molar-refractivity contribution in [3.8, 4) is 0 Å². The van der Waals surface area contributed by atoms with Crippen LogP contribution in [0.25, 0.3) is 0 Å². The predicted molar refractivity (Wildman–Crippen MR) is 111 cm³/mol. The first-order chi connectivity index (χ1) is 12.3. The second kappa shape index (κ2) is 8.43. The lowest BCUT2D eigenvalue weighted by Gasteiger charge is -2.39. The number of rotatable bonds is 4. The molecule has 1 saturated heterocycles. The summed E-state index contributed by atoms with van der Waals surface area (Å²) in [5.41, 5.74) is 0.0472. The van der Waals surface area contributed by atoms with Gasteiger partial charge < -0.3 is 14.7 Å². The number of piperazine rings is 1. The third-order valence-corrected chi connectivity index (χ3v) is 4.72. The molecular weight excluding hydrogens is 389 g/mol. The minimum Gasteiger partial charge on any atom is -0.444 e. The quantitative estimate of drug-likeness (QED) is 0.766. The van der Waals surface area contributed by atoms with Gasteiger partial charge in [0.15, 0.2) is 0 Å². The molecule has 0 unspecified atom stereocenters. The zero-order valence-electron chi connectivity index (χ0n) is 16.6. The largest absolute Gasteiger partial charge is 0.444 e. The number of amides is 1. The zero-order valence-corrected chi connectivity index (χ0v) is 18.1. The lowest BCUT2D eigenvalue weighted by Crippen LogP contribution is -2.50. The van der Waals surface area contributed by atoms with Gasteiger partial charge in [0.2, 0.25) is 0 Å². The molecule has 1 aromatic carbocycles. The molecule has 1 fully saturated rings. The van der Waals surface area contributed by atoms with E-state index in [0.29, 0.717) is 22.3 Å². The van der Waals surface area contributed by atoms with Crippen molar-refractivity contribution in [1.29, 1.82) is 0 Å². The van der Waals surface area contributed by atoms with Gasteiger partial charge >= 0.3 is 6.09 Å². The highest BCUT2D eigenvalue weighted by Crippen LogP contribution is 2.35. The van der Waals surface area contributed by atoms with Crippen molar-refractivity contribution in [2.45, 2.75) is 45.8 Å². The lowest BCUT2D eigenvalue weighted by atomic mass is 10.1. The Kier molecular flexibility index (Phi) is 6.90. The molecule has 2 N–H and O–H groups in total. The highest BCUT2D eigenvalue weighted by molar-refractivity contribution is 6.42. The van der Waals surface area contributed by atoms with Crippen LogP contribution in [0.1, 0.15) is 34.6 Å². The Labute approximate surface area is 171 Å². The molecule has 0 saturated carbocycles. The number of ether oxygens (including phenoxy) is 1. The summed E-state index contributed by atoms with van der Waals surface area (Å²) in [6, 6.07) is 3.41. The second-order valence-corrected chi connectivity index (χ2v) is 9.30. The molecule has 6 nitrogen and oxygen atoms in total. The van der Waals surface area contributed by atoms with E-state index in [1.54, 1.807) is 26.0 Å². The van der Waals surface area contributed by atoms with Gasteiger partial charge in [0.1, 0.15) is 5.60 Å². The maximum absolute atomic E-state index is 12.2. The summed E-state index contributed by atoms with van der Waals surface area (Å²) < 4.78 is 5.35. The Hall–Kier alpha value is -1.21. The van der Waals surface area contributed by atoms with Crippen LogP contribution in [-0.2, 0) is 4.74 Å². The molecule has 2 rings (SSSR count). The molecule has 27 heavy (non-hydrogen) atoms. The molecule has 1 aromatic rings. The summed E-state index contributed by atoms with van der Waals surface area (Å²) >= 11 is 12.4. The highest BCUT2D eigenvalue weighted by Gasteiger charge is 2.25. The number of nitrogens with one attached hydrogen (secondary N) is 1. The van der Waals surface area contributed by atoms with Crippen LogP contribution in [0.3, 0.4) is 0 Å². The molecule has 1 heterocycles. The summed E-state index contributed by atoms with van der Waals surface area (Å²) in [6.07, 6.45) is -0.539. The van der Waals surface area contributed by atoms with Crippen molar-refractivity contribution in [2.24, 2.45) is 0 Å². The molecule has 0 atom stereocenters. The third-order valence-electron chi connectivity index (χ3n) is 4.00. The SMILES string of the molecule is CC(C)(O)CN1CCN(c2cc(Cl)c(Cl)cc2NC(=O)OC(C)(C)C)CC1. The normalized spacial score (nSPS) is 16.4. The van der Waals surface area contributed by atoms with Gasteiger partial charge in [0.05, 0.1) is 27.0 Å². The Bertz CT molecular complexity index is 676. The standard InChI is InChI=1S/C19H29Cl2N3O3/c1-18(2,3)27-17(25)22-15-10-13(20)14(21)11-16(15)24-8-6-23(7-9-24)12-19(4,5)26/h10-11,26H,6-9,12H2,1-5H3,(H,22,25). The molecule has 0 radical (unpaired) electrons. The lowest BCUT2D eigenvalue weighted by molar-refractivity contribution is 0.0345. The van der Waals surface area contributed by atoms with E-state index in [1.807, 2.05) is 20.8 Å². The fourth-order valence-corrected chi connectivity index (χ4v) is 3.33. The summed E-state index contributed by atoms with van der Waals surface area (Å²) in [5.74, 6) is 0. The van der Waals surface area contributed by atoms with E-state index < -0.39 is 17.3 Å². The van der Waals surface area contributed by atoms with Gasteiger partial charge in [-0.15, -0.1) is 0 Å². The number of hydrogen-bond donors (Lipinski definition) is 2. The Morgan fingerprint density at radius 2 is 1.67 bits per heavy atom. The van der Waals surface area contributed by atoms with E-state index in [0.717, 1.165) is 31.9 Å². The first-order valence-corrected chi connectivity index (χ1v) is 9.78. The van der Waals surface area contributed by atoms with Gasteiger partial charge in [-0.1, -0.05) is 23.2 Å². The van der Waals surface area contributed by atoms with Gasteiger partial charge in [0.25, 0.3) is 0 Å². The van der Waals surface area contributed by atoms with E-state index in [-0.39, 0.29) is 0 Å². The number of nitrogens with zero attached hydrogens (tertiary/aromatic N) is 2. The minimum absolute atomic E-state index is 0.368.